The first-order valence-electron chi connectivity index (χ1n) is 6.52. The summed E-state index contributed by atoms with van der Waals surface area (Å²) in [6.07, 6.45) is 3.57. The van der Waals surface area contributed by atoms with Gasteiger partial charge in [-0.15, -0.1) is 0 Å². The molecule has 2 bridgehead atoms. The van der Waals surface area contributed by atoms with Crippen LogP contribution in [0.1, 0.15) is 35.8 Å². The number of rotatable bonds is 1. The van der Waals surface area contributed by atoms with Crippen molar-refractivity contribution >= 4 is 11.2 Å². The van der Waals surface area contributed by atoms with Crippen molar-refractivity contribution in [2.24, 2.45) is 11.3 Å². The van der Waals surface area contributed by atoms with Gasteiger partial charge in [-0.25, -0.2) is 19.9 Å². The van der Waals surface area contributed by atoms with E-state index in [1.807, 2.05) is 13.8 Å². The van der Waals surface area contributed by atoms with E-state index in [1.165, 1.54) is 0 Å². The fraction of sp³-hybridized carbons (Fsp3) is 0.500. The first-order chi connectivity index (χ1) is 9.14. The molecule has 5 nitrogen and oxygen atoms in total. The van der Waals surface area contributed by atoms with Crippen LogP contribution >= 0.6 is 0 Å². The van der Waals surface area contributed by atoms with Crippen molar-refractivity contribution in [3.8, 4) is 6.07 Å². The lowest BCUT2D eigenvalue weighted by atomic mass is 9.37. The Labute approximate surface area is 110 Å². The van der Waals surface area contributed by atoms with Crippen LogP contribution in [0.3, 0.4) is 0 Å². The third-order valence-electron chi connectivity index (χ3n) is 4.74. The summed E-state index contributed by atoms with van der Waals surface area (Å²) in [5.74, 6) is 0.834. The number of aryl methyl sites for hydroxylation is 2. The molecule has 3 aliphatic rings. The summed E-state index contributed by atoms with van der Waals surface area (Å²) >= 11 is 0. The van der Waals surface area contributed by atoms with Crippen molar-refractivity contribution in [3.63, 3.8) is 0 Å². The number of fused-ring (bicyclic) bond motifs is 1. The van der Waals surface area contributed by atoms with Crippen molar-refractivity contribution in [2.45, 2.75) is 32.6 Å². The van der Waals surface area contributed by atoms with E-state index in [2.05, 4.69) is 26.0 Å². The van der Waals surface area contributed by atoms with Gasteiger partial charge in [0.25, 0.3) is 0 Å². The fourth-order valence-electron chi connectivity index (χ4n) is 3.43. The largest absolute Gasteiger partial charge is 0.246 e. The molecule has 0 amide bonds. The third kappa shape index (κ3) is 1.19. The Balaban J connectivity index is 1.92. The average molecular weight is 251 g/mol. The lowest BCUT2D eigenvalue weighted by Crippen LogP contribution is -2.58. The summed E-state index contributed by atoms with van der Waals surface area (Å²) in [6.45, 7) is 3.88. The molecule has 5 heteroatoms. The number of nitrogens with zero attached hydrogens (tertiary/aromatic N) is 5. The monoisotopic (exact) mass is 251 g/mol. The van der Waals surface area contributed by atoms with Gasteiger partial charge in [0.15, 0.2) is 5.65 Å². The topological polar surface area (TPSA) is 75.3 Å². The highest BCUT2D eigenvalue weighted by molar-refractivity contribution is 5.74. The number of hydrogen-bond donors (Lipinski definition) is 0. The maximum Gasteiger partial charge on any atom is 0.181 e. The highest BCUT2D eigenvalue weighted by Crippen LogP contribution is 2.72. The van der Waals surface area contributed by atoms with Gasteiger partial charge in [-0.2, -0.15) is 5.26 Å². The molecular formula is C14H13N5. The lowest BCUT2D eigenvalue weighted by molar-refractivity contribution is -0.0931. The summed E-state index contributed by atoms with van der Waals surface area (Å²) < 4.78 is 0. The summed E-state index contributed by atoms with van der Waals surface area (Å²) in [7, 11) is 0. The minimum atomic E-state index is -0.188. The smallest absolute Gasteiger partial charge is 0.181 e. The first kappa shape index (κ1) is 10.8. The van der Waals surface area contributed by atoms with Gasteiger partial charge in [0.05, 0.1) is 28.6 Å². The van der Waals surface area contributed by atoms with Gasteiger partial charge in [-0.1, -0.05) is 0 Å². The normalized spacial score (nSPS) is 31.4. The highest BCUT2D eigenvalue weighted by atomic mass is 15.0. The Morgan fingerprint density at radius 3 is 2.58 bits per heavy atom. The molecule has 0 saturated heterocycles. The van der Waals surface area contributed by atoms with Crippen LogP contribution in [0.2, 0.25) is 0 Å². The summed E-state index contributed by atoms with van der Waals surface area (Å²) in [4.78, 5) is 17.7. The van der Waals surface area contributed by atoms with E-state index >= 15 is 0 Å². The molecule has 3 saturated carbocycles. The molecule has 0 aliphatic heterocycles. The molecule has 2 heterocycles. The van der Waals surface area contributed by atoms with Crippen molar-refractivity contribution < 1.29 is 0 Å². The maximum atomic E-state index is 9.36. The van der Waals surface area contributed by atoms with Crippen LogP contribution in [0, 0.1) is 36.5 Å². The van der Waals surface area contributed by atoms with Crippen LogP contribution < -0.4 is 0 Å². The van der Waals surface area contributed by atoms with Gasteiger partial charge < -0.3 is 0 Å². The van der Waals surface area contributed by atoms with E-state index in [1.54, 1.807) is 6.33 Å². The summed E-state index contributed by atoms with van der Waals surface area (Å²) in [5, 5.41) is 9.36. The number of nitriles is 1. The van der Waals surface area contributed by atoms with Gasteiger partial charge >= 0.3 is 0 Å². The van der Waals surface area contributed by atoms with Gasteiger partial charge in [0, 0.05) is 5.92 Å². The second kappa shape index (κ2) is 3.27. The second-order valence-electron chi connectivity index (χ2n) is 5.74. The molecule has 2 aromatic heterocycles. The van der Waals surface area contributed by atoms with E-state index in [0.717, 1.165) is 35.4 Å². The molecule has 3 aliphatic carbocycles. The fourth-order valence-corrected chi connectivity index (χ4v) is 3.43. The van der Waals surface area contributed by atoms with Crippen LogP contribution in [0.4, 0.5) is 0 Å². The van der Waals surface area contributed by atoms with Crippen LogP contribution in [0.25, 0.3) is 11.2 Å². The molecule has 19 heavy (non-hydrogen) atoms. The zero-order valence-electron chi connectivity index (χ0n) is 10.9. The Morgan fingerprint density at radius 2 is 1.95 bits per heavy atom. The van der Waals surface area contributed by atoms with Crippen LogP contribution in [0.15, 0.2) is 6.33 Å². The van der Waals surface area contributed by atoms with E-state index < -0.39 is 0 Å². The van der Waals surface area contributed by atoms with Crippen molar-refractivity contribution in [3.05, 3.63) is 23.4 Å². The zero-order valence-corrected chi connectivity index (χ0v) is 10.9. The molecule has 0 radical (unpaired) electrons. The SMILES string of the molecule is Cc1nc2ncnc(C3C4CC3(C#N)C4)c2nc1C. The Hall–Kier alpha value is -2.09. The third-order valence-corrected chi connectivity index (χ3v) is 4.74. The van der Waals surface area contributed by atoms with Gasteiger partial charge in [0.1, 0.15) is 11.8 Å². The van der Waals surface area contributed by atoms with E-state index in [0.29, 0.717) is 11.6 Å². The quantitative estimate of drug-likeness (QED) is 0.775. The Kier molecular flexibility index (Phi) is 1.86. The van der Waals surface area contributed by atoms with Crippen molar-refractivity contribution in [1.82, 2.24) is 19.9 Å². The van der Waals surface area contributed by atoms with E-state index in [4.69, 9.17) is 0 Å². The number of aromatic nitrogens is 4. The van der Waals surface area contributed by atoms with E-state index in [-0.39, 0.29) is 11.3 Å². The molecule has 5 rings (SSSR count). The number of hydrogen-bond acceptors (Lipinski definition) is 5. The Bertz CT molecular complexity index is 739. The maximum absolute atomic E-state index is 9.36. The van der Waals surface area contributed by atoms with Crippen LogP contribution in [-0.4, -0.2) is 19.9 Å². The molecule has 1 atom stereocenters. The van der Waals surface area contributed by atoms with Gasteiger partial charge in [0.2, 0.25) is 0 Å². The average Bonchev–Trinajstić information content (AvgIpc) is 2.30. The molecule has 2 aromatic rings. The lowest BCUT2D eigenvalue weighted by Gasteiger charge is -2.63. The minimum absolute atomic E-state index is 0.188. The molecule has 94 valence electrons. The second-order valence-corrected chi connectivity index (χ2v) is 5.74. The summed E-state index contributed by atoms with van der Waals surface area (Å²) in [5.41, 5.74) is 3.96. The predicted octanol–water partition coefficient (Wildman–Crippen LogP) is 2.05. The van der Waals surface area contributed by atoms with Gasteiger partial charge in [-0.05, 0) is 32.6 Å². The van der Waals surface area contributed by atoms with Crippen LogP contribution in [-0.2, 0) is 0 Å². The molecule has 3 fully saturated rings. The molecule has 0 aromatic carbocycles. The van der Waals surface area contributed by atoms with Crippen molar-refractivity contribution in [1.29, 1.82) is 5.26 Å². The predicted molar refractivity (Wildman–Crippen MR) is 68.1 cm³/mol. The minimum Gasteiger partial charge on any atom is -0.246 e. The standard InChI is InChI=1S/C14H13N5/c1-7-8(2)19-13-12(18-7)11(16-6-17-13)10-9-3-14(10,4-9)5-15/h6,9-10H,3-4H2,1-2H3. The first-order valence-corrected chi connectivity index (χ1v) is 6.52. The van der Waals surface area contributed by atoms with Crippen molar-refractivity contribution in [2.75, 3.05) is 0 Å². The highest BCUT2D eigenvalue weighted by Gasteiger charge is 2.67. The zero-order chi connectivity index (χ0) is 13.2. The Morgan fingerprint density at radius 1 is 1.21 bits per heavy atom. The van der Waals surface area contributed by atoms with Crippen LogP contribution in [0.5, 0.6) is 0 Å². The molecule has 0 spiro atoms. The van der Waals surface area contributed by atoms with Gasteiger partial charge in [-0.3, -0.25) is 0 Å². The molecule has 0 N–H and O–H groups in total. The molecular weight excluding hydrogens is 238 g/mol. The summed E-state index contributed by atoms with van der Waals surface area (Å²) in [6, 6.07) is 2.47. The van der Waals surface area contributed by atoms with E-state index in [9.17, 15) is 5.26 Å². The molecule has 1 unspecified atom stereocenters.